The fourth-order valence-corrected chi connectivity index (χ4v) is 1.63. The molecular formula is C15H18ClNO2. The van der Waals surface area contributed by atoms with Crippen molar-refractivity contribution < 1.29 is 9.84 Å². The zero-order valence-corrected chi connectivity index (χ0v) is 11.9. The van der Waals surface area contributed by atoms with Crippen LogP contribution in [0.2, 0.25) is 5.02 Å². The summed E-state index contributed by atoms with van der Waals surface area (Å²) >= 11 is 5.96. The quantitative estimate of drug-likeness (QED) is 0.925. The second-order valence-corrected chi connectivity index (χ2v) is 3.97. The van der Waals surface area contributed by atoms with E-state index < -0.39 is 0 Å². The Morgan fingerprint density at radius 3 is 2.63 bits per heavy atom. The maximum Gasteiger partial charge on any atom is 0.121 e. The van der Waals surface area contributed by atoms with Crippen molar-refractivity contribution in [1.82, 2.24) is 4.98 Å². The van der Waals surface area contributed by atoms with E-state index in [2.05, 4.69) is 4.98 Å². The van der Waals surface area contributed by atoms with Crippen molar-refractivity contribution in [3.05, 3.63) is 58.9 Å². The summed E-state index contributed by atoms with van der Waals surface area (Å²) < 4.78 is 5.57. The van der Waals surface area contributed by atoms with E-state index in [1.807, 2.05) is 26.0 Å². The van der Waals surface area contributed by atoms with E-state index in [0.717, 1.165) is 5.56 Å². The third kappa shape index (κ3) is 4.89. The first-order chi connectivity index (χ1) is 9.29. The third-order valence-electron chi connectivity index (χ3n) is 2.32. The lowest BCUT2D eigenvalue weighted by Crippen LogP contribution is -1.96. The van der Waals surface area contributed by atoms with Crippen molar-refractivity contribution in [3.8, 4) is 5.75 Å². The summed E-state index contributed by atoms with van der Waals surface area (Å²) in [6, 6.07) is 9.04. The summed E-state index contributed by atoms with van der Waals surface area (Å²) in [5.41, 5.74) is 1.69. The lowest BCUT2D eigenvalue weighted by atomic mass is 10.2. The summed E-state index contributed by atoms with van der Waals surface area (Å²) in [6.07, 6.45) is 3.47. The highest BCUT2D eigenvalue weighted by Crippen LogP contribution is 2.23. The first kappa shape index (κ1) is 15.5. The molecule has 102 valence electrons. The molecule has 0 amide bonds. The van der Waals surface area contributed by atoms with E-state index in [-0.39, 0.29) is 6.61 Å². The van der Waals surface area contributed by atoms with Crippen molar-refractivity contribution in [1.29, 1.82) is 0 Å². The Kier molecular flexibility index (Phi) is 6.93. The van der Waals surface area contributed by atoms with Crippen LogP contribution in [0.4, 0.5) is 0 Å². The molecule has 19 heavy (non-hydrogen) atoms. The van der Waals surface area contributed by atoms with Gasteiger partial charge in [0, 0.05) is 23.0 Å². The number of aromatic nitrogens is 1. The van der Waals surface area contributed by atoms with Crippen molar-refractivity contribution in [2.75, 3.05) is 0 Å². The van der Waals surface area contributed by atoms with Gasteiger partial charge in [0.25, 0.3) is 0 Å². The number of hydrogen-bond donors (Lipinski definition) is 1. The number of ether oxygens (including phenoxy) is 1. The minimum Gasteiger partial charge on any atom is -0.489 e. The van der Waals surface area contributed by atoms with Crippen LogP contribution in [0.15, 0.2) is 42.7 Å². The summed E-state index contributed by atoms with van der Waals surface area (Å²) in [6.45, 7) is 4.38. The fourth-order valence-electron chi connectivity index (χ4n) is 1.40. The molecule has 4 heteroatoms. The smallest absolute Gasteiger partial charge is 0.121 e. The number of rotatable bonds is 4. The van der Waals surface area contributed by atoms with Gasteiger partial charge in [-0.15, -0.1) is 0 Å². The molecule has 1 heterocycles. The highest BCUT2D eigenvalue weighted by molar-refractivity contribution is 6.31. The average molecular weight is 280 g/mol. The van der Waals surface area contributed by atoms with Crippen LogP contribution in [0.25, 0.3) is 0 Å². The number of nitrogens with zero attached hydrogens (tertiary/aromatic N) is 1. The molecular weight excluding hydrogens is 262 g/mol. The lowest BCUT2D eigenvalue weighted by molar-refractivity contribution is 0.281. The number of aliphatic hydroxyl groups excluding tert-OH is 1. The van der Waals surface area contributed by atoms with Gasteiger partial charge in [0.1, 0.15) is 12.4 Å². The van der Waals surface area contributed by atoms with Gasteiger partial charge in [-0.2, -0.15) is 0 Å². The molecule has 0 saturated heterocycles. The van der Waals surface area contributed by atoms with Crippen LogP contribution in [0.1, 0.15) is 25.0 Å². The predicted octanol–water partition coefficient (Wildman–Crippen LogP) is 3.83. The van der Waals surface area contributed by atoms with Gasteiger partial charge in [-0.05, 0) is 23.8 Å². The molecule has 0 saturated carbocycles. The summed E-state index contributed by atoms with van der Waals surface area (Å²) in [5, 5.41) is 9.49. The molecule has 1 N–H and O–H groups in total. The van der Waals surface area contributed by atoms with E-state index in [1.165, 1.54) is 0 Å². The van der Waals surface area contributed by atoms with E-state index in [0.29, 0.717) is 22.9 Å². The molecule has 0 aliphatic rings. The molecule has 2 rings (SSSR count). The van der Waals surface area contributed by atoms with Crippen LogP contribution in [0.5, 0.6) is 5.75 Å². The number of pyridine rings is 1. The largest absolute Gasteiger partial charge is 0.489 e. The predicted molar refractivity (Wildman–Crippen MR) is 77.3 cm³/mol. The van der Waals surface area contributed by atoms with E-state index in [4.69, 9.17) is 21.4 Å². The van der Waals surface area contributed by atoms with Gasteiger partial charge in [-0.25, -0.2) is 0 Å². The summed E-state index contributed by atoms with van der Waals surface area (Å²) in [5.74, 6) is 0.677. The van der Waals surface area contributed by atoms with Crippen molar-refractivity contribution in [3.63, 3.8) is 0 Å². The van der Waals surface area contributed by atoms with E-state index in [1.54, 1.807) is 30.6 Å². The minimum absolute atomic E-state index is 0.0677. The van der Waals surface area contributed by atoms with E-state index >= 15 is 0 Å². The van der Waals surface area contributed by atoms with Crippen LogP contribution in [0.3, 0.4) is 0 Å². The van der Waals surface area contributed by atoms with Crippen molar-refractivity contribution >= 4 is 11.6 Å². The van der Waals surface area contributed by atoms with Crippen LogP contribution in [0, 0.1) is 0 Å². The molecule has 1 aromatic heterocycles. The normalized spacial score (nSPS) is 9.47. The Morgan fingerprint density at radius 2 is 2.05 bits per heavy atom. The molecule has 0 aliphatic carbocycles. The maximum absolute atomic E-state index is 8.98. The third-order valence-corrected chi connectivity index (χ3v) is 2.68. The Morgan fingerprint density at radius 1 is 1.26 bits per heavy atom. The summed E-state index contributed by atoms with van der Waals surface area (Å²) in [4.78, 5) is 4.00. The fraction of sp³-hybridized carbons (Fsp3) is 0.267. The number of hydrogen-bond acceptors (Lipinski definition) is 3. The molecule has 0 unspecified atom stereocenters. The van der Waals surface area contributed by atoms with Gasteiger partial charge < -0.3 is 9.84 Å². The Bertz CT molecular complexity index is 489. The van der Waals surface area contributed by atoms with Gasteiger partial charge in [0.15, 0.2) is 0 Å². The van der Waals surface area contributed by atoms with Crippen molar-refractivity contribution in [2.24, 2.45) is 0 Å². The van der Waals surface area contributed by atoms with Crippen LogP contribution < -0.4 is 4.74 Å². The molecule has 0 atom stereocenters. The second kappa shape index (κ2) is 8.51. The number of halogens is 1. The van der Waals surface area contributed by atoms with Gasteiger partial charge in [-0.1, -0.05) is 37.6 Å². The van der Waals surface area contributed by atoms with Gasteiger partial charge in [0.05, 0.1) is 6.61 Å². The van der Waals surface area contributed by atoms with Crippen LogP contribution >= 0.6 is 11.6 Å². The monoisotopic (exact) mass is 279 g/mol. The molecule has 1 aromatic carbocycles. The zero-order chi connectivity index (χ0) is 14.1. The standard InChI is InChI=1S/C13H12ClNO2.C2H6/c14-13-6-12(4-3-11(13)8-16)17-9-10-2-1-5-15-7-10;1-2/h1-7,16H,8-9H2;1-2H3. The molecule has 3 nitrogen and oxygen atoms in total. The average Bonchev–Trinajstić information content (AvgIpc) is 2.48. The molecule has 0 aliphatic heterocycles. The Balaban J connectivity index is 0.000000861. The van der Waals surface area contributed by atoms with E-state index in [9.17, 15) is 0 Å². The zero-order valence-electron chi connectivity index (χ0n) is 11.1. The molecule has 0 fully saturated rings. The van der Waals surface area contributed by atoms with Gasteiger partial charge >= 0.3 is 0 Å². The SMILES string of the molecule is CC.OCc1ccc(OCc2cccnc2)cc1Cl. The lowest BCUT2D eigenvalue weighted by Gasteiger charge is -2.07. The molecule has 0 radical (unpaired) electrons. The highest BCUT2D eigenvalue weighted by atomic mass is 35.5. The Hall–Kier alpha value is -1.58. The second-order valence-electron chi connectivity index (χ2n) is 3.56. The number of aliphatic hydroxyl groups is 1. The Labute approximate surface area is 118 Å². The van der Waals surface area contributed by atoms with Gasteiger partial charge in [0.2, 0.25) is 0 Å². The first-order valence-corrected chi connectivity index (χ1v) is 6.58. The minimum atomic E-state index is -0.0677. The molecule has 2 aromatic rings. The highest BCUT2D eigenvalue weighted by Gasteiger charge is 2.02. The van der Waals surface area contributed by atoms with Crippen LogP contribution in [-0.2, 0) is 13.2 Å². The summed E-state index contributed by atoms with van der Waals surface area (Å²) in [7, 11) is 0. The topological polar surface area (TPSA) is 42.4 Å². The molecule has 0 spiro atoms. The molecule has 0 bridgehead atoms. The number of benzene rings is 1. The van der Waals surface area contributed by atoms with Crippen molar-refractivity contribution in [2.45, 2.75) is 27.1 Å². The van der Waals surface area contributed by atoms with Crippen LogP contribution in [-0.4, -0.2) is 10.1 Å². The first-order valence-electron chi connectivity index (χ1n) is 6.20. The van der Waals surface area contributed by atoms with Gasteiger partial charge in [-0.3, -0.25) is 4.98 Å². The maximum atomic E-state index is 8.98.